The van der Waals surface area contributed by atoms with Crippen LogP contribution in [0.25, 0.3) is 6.08 Å². The van der Waals surface area contributed by atoms with Crippen molar-refractivity contribution in [1.82, 2.24) is 0 Å². The number of hydrogen-bond acceptors (Lipinski definition) is 3. The minimum absolute atomic E-state index is 0.0491. The summed E-state index contributed by atoms with van der Waals surface area (Å²) < 4.78 is 0.687. The highest BCUT2D eigenvalue weighted by Gasteiger charge is 2.07. The second-order valence-electron chi connectivity index (χ2n) is 2.67. The van der Waals surface area contributed by atoms with E-state index in [0.29, 0.717) is 9.13 Å². The molecule has 0 aliphatic rings. The number of carbonyl (C=O) groups is 1. The van der Waals surface area contributed by atoms with Crippen LogP contribution in [0.5, 0.6) is 0 Å². The van der Waals surface area contributed by atoms with Crippen LogP contribution in [0.15, 0.2) is 24.3 Å². The molecule has 0 aliphatic heterocycles. The standard InChI is InChI=1S/C9H6INO4/c10-7-3-6(1-2-9(12)13)4-8(5-7)11(14)15/h1-5H,(H,12,13)/b2-1+. The Morgan fingerprint density at radius 3 is 2.67 bits per heavy atom. The highest BCUT2D eigenvalue weighted by atomic mass is 127. The minimum atomic E-state index is -1.09. The topological polar surface area (TPSA) is 80.4 Å². The Hall–Kier alpha value is -1.44. The zero-order valence-electron chi connectivity index (χ0n) is 7.38. The highest BCUT2D eigenvalue weighted by Crippen LogP contribution is 2.19. The van der Waals surface area contributed by atoms with Crippen LogP contribution in [-0.4, -0.2) is 16.0 Å². The van der Waals surface area contributed by atoms with E-state index in [0.717, 1.165) is 6.08 Å². The van der Waals surface area contributed by atoms with Crippen molar-refractivity contribution in [2.75, 3.05) is 0 Å². The molecule has 1 aromatic carbocycles. The number of benzene rings is 1. The maximum atomic E-state index is 10.5. The second-order valence-corrected chi connectivity index (χ2v) is 3.92. The molecule has 5 nitrogen and oxygen atoms in total. The molecular formula is C9H6INO4. The van der Waals surface area contributed by atoms with E-state index in [2.05, 4.69) is 0 Å². The summed E-state index contributed by atoms with van der Waals surface area (Å²) >= 11 is 1.94. The number of nitrogens with zero attached hydrogens (tertiary/aromatic N) is 1. The number of rotatable bonds is 3. The number of carboxylic acids is 1. The Balaban J connectivity index is 3.09. The van der Waals surface area contributed by atoms with Crippen LogP contribution in [-0.2, 0) is 4.79 Å². The first-order valence-electron chi connectivity index (χ1n) is 3.85. The Kier molecular flexibility index (Phi) is 3.78. The van der Waals surface area contributed by atoms with E-state index in [1.54, 1.807) is 6.07 Å². The third kappa shape index (κ3) is 3.66. The molecule has 1 N–H and O–H groups in total. The first-order chi connectivity index (χ1) is 6.99. The molecule has 0 fully saturated rings. The molecule has 0 aromatic heterocycles. The van der Waals surface area contributed by atoms with Crippen LogP contribution in [0.3, 0.4) is 0 Å². The number of hydrogen-bond donors (Lipinski definition) is 1. The summed E-state index contributed by atoms with van der Waals surface area (Å²) in [6, 6.07) is 4.40. The van der Waals surface area contributed by atoms with Gasteiger partial charge in [-0.2, -0.15) is 0 Å². The minimum Gasteiger partial charge on any atom is -0.478 e. The summed E-state index contributed by atoms with van der Waals surface area (Å²) in [7, 11) is 0. The van der Waals surface area contributed by atoms with Crippen LogP contribution < -0.4 is 0 Å². The second kappa shape index (κ2) is 4.87. The Labute approximate surface area is 98.7 Å². The Bertz CT molecular complexity index is 442. The van der Waals surface area contributed by atoms with Gasteiger partial charge in [0.25, 0.3) is 5.69 Å². The smallest absolute Gasteiger partial charge is 0.328 e. The molecule has 0 saturated heterocycles. The molecule has 0 atom stereocenters. The molecule has 0 aliphatic carbocycles. The lowest BCUT2D eigenvalue weighted by molar-refractivity contribution is -0.385. The van der Waals surface area contributed by atoms with E-state index in [1.165, 1.54) is 18.2 Å². The third-order valence-corrected chi connectivity index (χ3v) is 2.16. The van der Waals surface area contributed by atoms with E-state index in [4.69, 9.17) is 5.11 Å². The summed E-state index contributed by atoms with van der Waals surface area (Å²) in [5.41, 5.74) is 0.447. The van der Waals surface area contributed by atoms with E-state index >= 15 is 0 Å². The first-order valence-corrected chi connectivity index (χ1v) is 4.93. The number of aliphatic carboxylic acids is 1. The lowest BCUT2D eigenvalue weighted by Crippen LogP contribution is -1.90. The monoisotopic (exact) mass is 319 g/mol. The molecular weight excluding hydrogens is 313 g/mol. The van der Waals surface area contributed by atoms with Crippen molar-refractivity contribution < 1.29 is 14.8 Å². The van der Waals surface area contributed by atoms with Crippen molar-refractivity contribution in [3.05, 3.63) is 43.5 Å². The summed E-state index contributed by atoms with van der Waals surface area (Å²) in [4.78, 5) is 20.2. The molecule has 1 rings (SSSR count). The van der Waals surface area contributed by atoms with Gasteiger partial charge in [-0.3, -0.25) is 10.1 Å². The SMILES string of the molecule is O=C(O)/C=C/c1cc(I)cc([N+](=O)[O-])c1. The van der Waals surface area contributed by atoms with Gasteiger partial charge in [-0.1, -0.05) is 0 Å². The molecule has 0 bridgehead atoms. The maximum absolute atomic E-state index is 10.5. The zero-order chi connectivity index (χ0) is 11.4. The van der Waals surface area contributed by atoms with Crippen LogP contribution in [0, 0.1) is 13.7 Å². The summed E-state index contributed by atoms with van der Waals surface area (Å²) in [6.45, 7) is 0. The van der Waals surface area contributed by atoms with Crippen LogP contribution in [0.4, 0.5) is 5.69 Å². The fourth-order valence-electron chi connectivity index (χ4n) is 0.965. The third-order valence-electron chi connectivity index (χ3n) is 1.53. The molecule has 0 spiro atoms. The van der Waals surface area contributed by atoms with Crippen molar-refractivity contribution >= 4 is 40.3 Å². The van der Waals surface area contributed by atoms with Crippen molar-refractivity contribution in [2.24, 2.45) is 0 Å². The number of halogens is 1. The molecule has 0 amide bonds. The van der Waals surface area contributed by atoms with Gasteiger partial charge >= 0.3 is 5.97 Å². The summed E-state index contributed by atoms with van der Waals surface area (Å²) in [5.74, 6) is -1.09. The first kappa shape index (κ1) is 11.6. The van der Waals surface area contributed by atoms with Gasteiger partial charge < -0.3 is 5.11 Å². The number of carboxylic acid groups (broad SMARTS) is 1. The molecule has 0 saturated carbocycles. The molecule has 6 heteroatoms. The highest BCUT2D eigenvalue weighted by molar-refractivity contribution is 14.1. The molecule has 15 heavy (non-hydrogen) atoms. The predicted molar refractivity (Wildman–Crippen MR) is 62.5 cm³/mol. The lowest BCUT2D eigenvalue weighted by atomic mass is 10.2. The van der Waals surface area contributed by atoms with Crippen molar-refractivity contribution in [3.8, 4) is 0 Å². The predicted octanol–water partition coefficient (Wildman–Crippen LogP) is 2.30. The van der Waals surface area contributed by atoms with Crippen LogP contribution >= 0.6 is 22.6 Å². The van der Waals surface area contributed by atoms with Crippen molar-refractivity contribution in [2.45, 2.75) is 0 Å². The Morgan fingerprint density at radius 2 is 2.13 bits per heavy atom. The van der Waals surface area contributed by atoms with Crippen molar-refractivity contribution in [1.29, 1.82) is 0 Å². The molecule has 1 aromatic rings. The lowest BCUT2D eigenvalue weighted by Gasteiger charge is -1.96. The normalized spacial score (nSPS) is 10.5. The van der Waals surface area contributed by atoms with Gasteiger partial charge in [0, 0.05) is 21.8 Å². The molecule has 0 unspecified atom stereocenters. The number of nitro benzene ring substituents is 1. The van der Waals surface area contributed by atoms with Gasteiger partial charge in [0.2, 0.25) is 0 Å². The zero-order valence-corrected chi connectivity index (χ0v) is 9.54. The van der Waals surface area contributed by atoms with Gasteiger partial charge in [-0.15, -0.1) is 0 Å². The summed E-state index contributed by atoms with van der Waals surface area (Å²) in [5, 5.41) is 18.9. The Morgan fingerprint density at radius 1 is 1.47 bits per heavy atom. The summed E-state index contributed by atoms with van der Waals surface area (Å²) in [6.07, 6.45) is 2.26. The van der Waals surface area contributed by atoms with Crippen LogP contribution in [0.2, 0.25) is 0 Å². The quantitative estimate of drug-likeness (QED) is 0.401. The molecule has 78 valence electrons. The molecule has 0 radical (unpaired) electrons. The van der Waals surface area contributed by atoms with E-state index in [-0.39, 0.29) is 5.69 Å². The van der Waals surface area contributed by atoms with Gasteiger partial charge in [0.05, 0.1) is 4.92 Å². The van der Waals surface area contributed by atoms with Gasteiger partial charge in [0.15, 0.2) is 0 Å². The fraction of sp³-hybridized carbons (Fsp3) is 0. The van der Waals surface area contributed by atoms with Gasteiger partial charge in [0.1, 0.15) is 0 Å². The fourth-order valence-corrected chi connectivity index (χ4v) is 1.64. The van der Waals surface area contributed by atoms with Gasteiger partial charge in [-0.05, 0) is 40.3 Å². The maximum Gasteiger partial charge on any atom is 0.328 e. The molecule has 0 heterocycles. The number of nitro groups is 1. The van der Waals surface area contributed by atoms with E-state index in [1.807, 2.05) is 22.6 Å². The average molecular weight is 319 g/mol. The van der Waals surface area contributed by atoms with E-state index < -0.39 is 10.9 Å². The largest absolute Gasteiger partial charge is 0.478 e. The van der Waals surface area contributed by atoms with Gasteiger partial charge in [-0.25, -0.2) is 4.79 Å². The van der Waals surface area contributed by atoms with Crippen LogP contribution in [0.1, 0.15) is 5.56 Å². The van der Waals surface area contributed by atoms with Crippen molar-refractivity contribution in [3.63, 3.8) is 0 Å². The number of non-ortho nitro benzene ring substituents is 1. The average Bonchev–Trinajstić information content (AvgIpc) is 2.13. The van der Waals surface area contributed by atoms with E-state index in [9.17, 15) is 14.9 Å².